The van der Waals surface area contributed by atoms with Crippen molar-refractivity contribution in [3.05, 3.63) is 0 Å². The molecule has 0 aromatic heterocycles. The maximum atomic E-state index is 11.5. The van der Waals surface area contributed by atoms with Gasteiger partial charge in [0.15, 0.2) is 0 Å². The summed E-state index contributed by atoms with van der Waals surface area (Å²) in [7, 11) is 0. The molecule has 16 nitrogen and oxygen atoms in total. The van der Waals surface area contributed by atoms with Crippen molar-refractivity contribution in [3.63, 3.8) is 0 Å². The van der Waals surface area contributed by atoms with Gasteiger partial charge in [0.25, 0.3) is 0 Å². The molecule has 0 aliphatic heterocycles. The van der Waals surface area contributed by atoms with Crippen LogP contribution in [0, 0.1) is 0 Å². The van der Waals surface area contributed by atoms with Crippen LogP contribution in [-0.4, -0.2) is 183 Å². The summed E-state index contributed by atoms with van der Waals surface area (Å²) in [5.41, 5.74) is -0.515. The fourth-order valence-corrected chi connectivity index (χ4v) is 3.75. The Balaban J connectivity index is 3.12. The van der Waals surface area contributed by atoms with Gasteiger partial charge in [-0.3, -0.25) is 4.79 Å². The highest BCUT2D eigenvalue weighted by Crippen LogP contribution is 2.06. The number of carbonyl (C=O) groups excluding carboxylic acids is 2. The number of hydrogen-bond acceptors (Lipinski definition) is 16. The average Bonchev–Trinajstić information content (AvgIpc) is 3.10. The van der Waals surface area contributed by atoms with Gasteiger partial charge in [0, 0.05) is 6.42 Å². The first-order valence-electron chi connectivity index (χ1n) is 18.7. The van der Waals surface area contributed by atoms with Gasteiger partial charge in [0.2, 0.25) is 0 Å². The largest absolute Gasteiger partial charge is 0.463 e. The number of unbranched alkanes of at least 4 members (excludes halogenated alkanes) is 2. The van der Waals surface area contributed by atoms with Gasteiger partial charge in [-0.15, -0.1) is 0 Å². The maximum Gasteiger partial charge on any atom is 0.332 e. The summed E-state index contributed by atoms with van der Waals surface area (Å²) in [5, 5.41) is 0. The molecule has 0 N–H and O–H groups in total. The molecule has 0 unspecified atom stereocenters. The van der Waals surface area contributed by atoms with Gasteiger partial charge in [-0.25, -0.2) is 4.79 Å². The quantitative estimate of drug-likeness (QED) is 0.0659. The van der Waals surface area contributed by atoms with Gasteiger partial charge >= 0.3 is 11.9 Å². The summed E-state index contributed by atoms with van der Waals surface area (Å²) in [5.74, 6) is -0.554. The molecule has 52 heavy (non-hydrogen) atoms. The van der Waals surface area contributed by atoms with Gasteiger partial charge in [0.1, 0.15) is 18.8 Å². The van der Waals surface area contributed by atoms with E-state index in [2.05, 4.69) is 6.92 Å². The van der Waals surface area contributed by atoms with E-state index in [9.17, 15) is 9.59 Å². The van der Waals surface area contributed by atoms with Gasteiger partial charge in [-0.2, -0.15) is 0 Å². The van der Waals surface area contributed by atoms with E-state index in [0.29, 0.717) is 158 Å². The highest BCUT2D eigenvalue weighted by Gasteiger charge is 2.15. The standard InChI is InChI=1S/C36H70O16/c1-5-6-7-8-34(37)51-32-31-49-28-27-47-24-23-45-20-19-43-16-15-41-12-11-39-9-10-40-13-14-42-17-18-44-21-22-46-25-26-48-29-30-50-33-35(38)52-36(2,3)4/h5-33H2,1-4H3. The van der Waals surface area contributed by atoms with Crippen molar-refractivity contribution >= 4 is 11.9 Å². The number of carbonyl (C=O) groups is 2. The normalized spacial score (nSPS) is 11.7. The van der Waals surface area contributed by atoms with E-state index in [4.69, 9.17) is 66.3 Å². The Labute approximate surface area is 311 Å². The molecule has 0 saturated carbocycles. The second-order valence-electron chi connectivity index (χ2n) is 12.1. The Morgan fingerprint density at radius 1 is 0.365 bits per heavy atom. The van der Waals surface area contributed by atoms with Crippen LogP contribution in [0.2, 0.25) is 0 Å². The Bertz CT molecular complexity index is 752. The fourth-order valence-electron chi connectivity index (χ4n) is 3.75. The van der Waals surface area contributed by atoms with E-state index in [1.807, 2.05) is 20.8 Å². The molecule has 0 atom stereocenters. The van der Waals surface area contributed by atoms with Crippen LogP contribution in [0.1, 0.15) is 53.4 Å². The summed E-state index contributed by atoms with van der Waals surface area (Å²) >= 11 is 0. The molecule has 0 heterocycles. The highest BCUT2D eigenvalue weighted by atomic mass is 16.6. The Morgan fingerprint density at radius 2 is 0.635 bits per heavy atom. The predicted molar refractivity (Wildman–Crippen MR) is 191 cm³/mol. The summed E-state index contributed by atoms with van der Waals surface area (Å²) in [6.45, 7) is 18.3. The average molecular weight is 759 g/mol. The highest BCUT2D eigenvalue weighted by molar-refractivity contribution is 5.71. The molecule has 0 radical (unpaired) electrons. The van der Waals surface area contributed by atoms with Crippen LogP contribution in [0.3, 0.4) is 0 Å². The van der Waals surface area contributed by atoms with Gasteiger partial charge in [-0.1, -0.05) is 19.8 Å². The molecule has 0 rings (SSSR count). The number of ether oxygens (including phenoxy) is 14. The predicted octanol–water partition coefficient (Wildman–Crippen LogP) is 2.65. The van der Waals surface area contributed by atoms with Crippen molar-refractivity contribution in [3.8, 4) is 0 Å². The van der Waals surface area contributed by atoms with Crippen molar-refractivity contribution in [2.24, 2.45) is 0 Å². The summed E-state index contributed by atoms with van der Waals surface area (Å²) in [6, 6.07) is 0. The van der Waals surface area contributed by atoms with Gasteiger partial charge in [0.05, 0.1) is 152 Å². The zero-order chi connectivity index (χ0) is 38.1. The Kier molecular flexibility index (Phi) is 39.4. The van der Waals surface area contributed by atoms with Crippen LogP contribution >= 0.6 is 0 Å². The molecular weight excluding hydrogens is 688 g/mol. The van der Waals surface area contributed by atoms with Gasteiger partial charge in [-0.05, 0) is 27.2 Å². The van der Waals surface area contributed by atoms with Crippen molar-refractivity contribution in [2.45, 2.75) is 59.0 Å². The molecule has 0 saturated heterocycles. The lowest BCUT2D eigenvalue weighted by Crippen LogP contribution is -2.27. The molecule has 0 aliphatic rings. The molecule has 0 fully saturated rings. The van der Waals surface area contributed by atoms with Crippen LogP contribution in [0.15, 0.2) is 0 Å². The molecule has 0 aromatic carbocycles. The SMILES string of the molecule is CCCCCC(=O)OCCOCCOCCOCCOCCOCCOCCOCCOCCOCCOCCOCCOCC(=O)OC(C)(C)C. The summed E-state index contributed by atoms with van der Waals surface area (Å²) < 4.78 is 75.4. The molecule has 0 bridgehead atoms. The van der Waals surface area contributed by atoms with Crippen molar-refractivity contribution in [1.29, 1.82) is 0 Å². The van der Waals surface area contributed by atoms with E-state index in [1.54, 1.807) is 0 Å². The molecule has 0 spiro atoms. The van der Waals surface area contributed by atoms with Gasteiger partial charge < -0.3 is 66.3 Å². The van der Waals surface area contributed by atoms with E-state index in [0.717, 1.165) is 19.3 Å². The lowest BCUT2D eigenvalue weighted by Gasteiger charge is -2.19. The third-order valence-corrected chi connectivity index (χ3v) is 6.21. The van der Waals surface area contributed by atoms with Crippen molar-refractivity contribution < 1.29 is 75.9 Å². The first-order valence-corrected chi connectivity index (χ1v) is 18.7. The Hall–Kier alpha value is -1.54. The minimum Gasteiger partial charge on any atom is -0.463 e. The van der Waals surface area contributed by atoms with E-state index in [1.165, 1.54) is 0 Å². The van der Waals surface area contributed by atoms with E-state index in [-0.39, 0.29) is 25.2 Å². The number of hydrogen-bond donors (Lipinski definition) is 0. The third-order valence-electron chi connectivity index (χ3n) is 6.21. The van der Waals surface area contributed by atoms with Crippen LogP contribution < -0.4 is 0 Å². The summed E-state index contributed by atoms with van der Waals surface area (Å²) in [4.78, 5) is 23.0. The zero-order valence-electron chi connectivity index (χ0n) is 32.5. The molecule has 0 aliphatic carbocycles. The van der Waals surface area contributed by atoms with Crippen molar-refractivity contribution in [1.82, 2.24) is 0 Å². The molecule has 16 heteroatoms. The van der Waals surface area contributed by atoms with Crippen LogP contribution in [-0.2, 0) is 75.9 Å². The van der Waals surface area contributed by atoms with Crippen LogP contribution in [0.4, 0.5) is 0 Å². The topological polar surface area (TPSA) is 163 Å². The molecular formula is C36H70O16. The minimum absolute atomic E-state index is 0.0872. The third kappa shape index (κ3) is 44.6. The van der Waals surface area contributed by atoms with Crippen LogP contribution in [0.25, 0.3) is 0 Å². The monoisotopic (exact) mass is 758 g/mol. The first kappa shape index (κ1) is 50.5. The molecule has 0 amide bonds. The smallest absolute Gasteiger partial charge is 0.332 e. The molecule has 310 valence electrons. The van der Waals surface area contributed by atoms with Crippen LogP contribution in [0.5, 0.6) is 0 Å². The number of rotatable bonds is 42. The maximum absolute atomic E-state index is 11.5. The van der Waals surface area contributed by atoms with E-state index < -0.39 is 5.60 Å². The van der Waals surface area contributed by atoms with E-state index >= 15 is 0 Å². The van der Waals surface area contributed by atoms with Crippen molar-refractivity contribution in [2.75, 3.05) is 165 Å². The second kappa shape index (κ2) is 40.6. The second-order valence-corrected chi connectivity index (χ2v) is 12.1. The number of esters is 2. The minimum atomic E-state index is -0.515. The summed E-state index contributed by atoms with van der Waals surface area (Å²) in [6.07, 6.45) is 3.47. The first-order chi connectivity index (χ1) is 25.3. The zero-order valence-corrected chi connectivity index (χ0v) is 32.5. The lowest BCUT2D eigenvalue weighted by molar-refractivity contribution is -0.160. The Morgan fingerprint density at radius 3 is 0.904 bits per heavy atom. The molecule has 0 aromatic rings. The fraction of sp³-hybridized carbons (Fsp3) is 0.944. The lowest BCUT2D eigenvalue weighted by atomic mass is 10.2.